The van der Waals surface area contributed by atoms with Gasteiger partial charge in [0, 0.05) is 4.47 Å². The summed E-state index contributed by atoms with van der Waals surface area (Å²) in [4.78, 5) is 0. The molecule has 0 bridgehead atoms. The van der Waals surface area contributed by atoms with Crippen molar-refractivity contribution in [3.63, 3.8) is 0 Å². The molecule has 16 heavy (non-hydrogen) atoms. The molecule has 2 aromatic rings. The summed E-state index contributed by atoms with van der Waals surface area (Å²) in [6.07, 6.45) is 0. The molecule has 0 unspecified atom stereocenters. The number of hydrogen-bond acceptors (Lipinski definition) is 1. The first kappa shape index (κ1) is 11.4. The summed E-state index contributed by atoms with van der Waals surface area (Å²) in [6, 6.07) is 14.3. The molecule has 0 aliphatic heterocycles. The molecule has 2 heteroatoms. The molecular formula is C14H13BrO. The molecule has 0 heterocycles. The van der Waals surface area contributed by atoms with Gasteiger partial charge in [-0.2, -0.15) is 0 Å². The lowest BCUT2D eigenvalue weighted by atomic mass is 10.0. The molecule has 1 N–H and O–H groups in total. The normalized spacial score (nSPS) is 10.4. The highest BCUT2D eigenvalue weighted by molar-refractivity contribution is 9.10. The second-order valence-electron chi connectivity index (χ2n) is 3.84. The molecule has 2 rings (SSSR count). The van der Waals surface area contributed by atoms with Gasteiger partial charge in [0.25, 0.3) is 0 Å². The summed E-state index contributed by atoms with van der Waals surface area (Å²) in [6.45, 7) is 2.15. The van der Waals surface area contributed by atoms with Crippen LogP contribution in [-0.2, 0) is 6.61 Å². The maximum atomic E-state index is 9.04. The van der Waals surface area contributed by atoms with Crippen LogP contribution in [0.25, 0.3) is 11.1 Å². The highest BCUT2D eigenvalue weighted by Gasteiger charge is 2.03. The van der Waals surface area contributed by atoms with Gasteiger partial charge in [-0.15, -0.1) is 0 Å². The van der Waals surface area contributed by atoms with Crippen LogP contribution in [0.2, 0.25) is 0 Å². The van der Waals surface area contributed by atoms with Gasteiger partial charge in [0.1, 0.15) is 0 Å². The van der Waals surface area contributed by atoms with E-state index in [1.54, 1.807) is 0 Å². The van der Waals surface area contributed by atoms with Crippen LogP contribution in [0.1, 0.15) is 11.1 Å². The van der Waals surface area contributed by atoms with E-state index in [2.05, 4.69) is 47.1 Å². The number of benzene rings is 2. The van der Waals surface area contributed by atoms with Gasteiger partial charge in [0.05, 0.1) is 6.61 Å². The van der Waals surface area contributed by atoms with Crippen LogP contribution in [-0.4, -0.2) is 5.11 Å². The zero-order valence-electron chi connectivity index (χ0n) is 9.07. The fraction of sp³-hybridized carbons (Fsp3) is 0.143. The Balaban J connectivity index is 2.44. The Morgan fingerprint density at radius 1 is 1.06 bits per heavy atom. The van der Waals surface area contributed by atoms with Crippen LogP contribution in [0.4, 0.5) is 0 Å². The quantitative estimate of drug-likeness (QED) is 0.882. The minimum atomic E-state index is 0.0762. The first-order valence-corrected chi connectivity index (χ1v) is 5.96. The fourth-order valence-corrected chi connectivity index (χ4v) is 2.28. The van der Waals surface area contributed by atoms with E-state index in [1.165, 1.54) is 11.1 Å². The van der Waals surface area contributed by atoms with Crippen LogP contribution in [0.3, 0.4) is 0 Å². The molecule has 0 spiro atoms. The second kappa shape index (κ2) is 4.81. The standard InChI is InChI=1S/C14H13BrO/c1-10-2-5-12(6-3-10)13-7-4-11(9-16)8-14(13)15/h2-8,16H,9H2,1H3. The van der Waals surface area contributed by atoms with Crippen LogP contribution < -0.4 is 0 Å². The summed E-state index contributed by atoms with van der Waals surface area (Å²) in [5, 5.41) is 9.04. The average molecular weight is 277 g/mol. The van der Waals surface area contributed by atoms with E-state index in [9.17, 15) is 0 Å². The lowest BCUT2D eigenvalue weighted by Gasteiger charge is -2.06. The summed E-state index contributed by atoms with van der Waals surface area (Å²) >= 11 is 3.53. The van der Waals surface area contributed by atoms with Gasteiger partial charge >= 0.3 is 0 Å². The first-order valence-electron chi connectivity index (χ1n) is 5.17. The van der Waals surface area contributed by atoms with E-state index in [-0.39, 0.29) is 6.61 Å². The van der Waals surface area contributed by atoms with Crippen molar-refractivity contribution in [2.45, 2.75) is 13.5 Å². The maximum Gasteiger partial charge on any atom is 0.0682 e. The van der Waals surface area contributed by atoms with E-state index >= 15 is 0 Å². The van der Waals surface area contributed by atoms with Gasteiger partial charge in [-0.25, -0.2) is 0 Å². The molecule has 0 saturated carbocycles. The van der Waals surface area contributed by atoms with Crippen molar-refractivity contribution < 1.29 is 5.11 Å². The monoisotopic (exact) mass is 276 g/mol. The molecule has 0 aliphatic carbocycles. The Hall–Kier alpha value is -1.12. The van der Waals surface area contributed by atoms with Crippen molar-refractivity contribution >= 4 is 15.9 Å². The number of aliphatic hydroxyl groups excluding tert-OH is 1. The van der Waals surface area contributed by atoms with Crippen LogP contribution in [0.15, 0.2) is 46.9 Å². The predicted molar refractivity (Wildman–Crippen MR) is 70.2 cm³/mol. The van der Waals surface area contributed by atoms with Gasteiger partial charge in [-0.05, 0) is 29.7 Å². The van der Waals surface area contributed by atoms with E-state index < -0.39 is 0 Å². The molecule has 82 valence electrons. The van der Waals surface area contributed by atoms with Crippen molar-refractivity contribution in [2.24, 2.45) is 0 Å². The Labute approximate surface area is 104 Å². The number of halogens is 1. The van der Waals surface area contributed by atoms with Crippen LogP contribution in [0.5, 0.6) is 0 Å². The van der Waals surface area contributed by atoms with E-state index in [1.807, 2.05) is 18.2 Å². The fourth-order valence-electron chi connectivity index (χ4n) is 1.62. The topological polar surface area (TPSA) is 20.2 Å². The highest BCUT2D eigenvalue weighted by atomic mass is 79.9. The number of aryl methyl sites for hydroxylation is 1. The molecule has 0 fully saturated rings. The number of rotatable bonds is 2. The second-order valence-corrected chi connectivity index (χ2v) is 4.69. The van der Waals surface area contributed by atoms with Crippen molar-refractivity contribution in [3.05, 3.63) is 58.1 Å². The number of aliphatic hydroxyl groups is 1. The van der Waals surface area contributed by atoms with Crippen molar-refractivity contribution in [1.29, 1.82) is 0 Å². The SMILES string of the molecule is Cc1ccc(-c2ccc(CO)cc2Br)cc1. The van der Waals surface area contributed by atoms with Gasteiger partial charge in [0.2, 0.25) is 0 Å². The third-order valence-electron chi connectivity index (χ3n) is 2.58. The summed E-state index contributed by atoms with van der Waals surface area (Å²) in [5.41, 5.74) is 4.51. The summed E-state index contributed by atoms with van der Waals surface area (Å²) < 4.78 is 1.02. The minimum absolute atomic E-state index is 0.0762. The van der Waals surface area contributed by atoms with Crippen LogP contribution in [0, 0.1) is 6.92 Å². The van der Waals surface area contributed by atoms with Crippen molar-refractivity contribution in [3.8, 4) is 11.1 Å². The highest BCUT2D eigenvalue weighted by Crippen LogP contribution is 2.29. The lowest BCUT2D eigenvalue weighted by molar-refractivity contribution is 0.282. The largest absolute Gasteiger partial charge is 0.392 e. The molecule has 0 aliphatic rings. The third-order valence-corrected chi connectivity index (χ3v) is 3.23. The minimum Gasteiger partial charge on any atom is -0.392 e. The Morgan fingerprint density at radius 2 is 1.75 bits per heavy atom. The Morgan fingerprint density at radius 3 is 2.31 bits per heavy atom. The van der Waals surface area contributed by atoms with E-state index in [4.69, 9.17) is 5.11 Å². The molecule has 0 aromatic heterocycles. The number of hydrogen-bond donors (Lipinski definition) is 1. The zero-order valence-corrected chi connectivity index (χ0v) is 10.7. The molecule has 2 aromatic carbocycles. The van der Waals surface area contributed by atoms with Crippen molar-refractivity contribution in [2.75, 3.05) is 0 Å². The lowest BCUT2D eigenvalue weighted by Crippen LogP contribution is -1.86. The molecule has 0 atom stereocenters. The van der Waals surface area contributed by atoms with E-state index in [0.717, 1.165) is 15.6 Å². The molecular weight excluding hydrogens is 264 g/mol. The van der Waals surface area contributed by atoms with Gasteiger partial charge in [-0.3, -0.25) is 0 Å². The Bertz CT molecular complexity index is 489. The third kappa shape index (κ3) is 2.34. The summed E-state index contributed by atoms with van der Waals surface area (Å²) in [7, 11) is 0. The molecule has 0 radical (unpaired) electrons. The van der Waals surface area contributed by atoms with Crippen LogP contribution >= 0.6 is 15.9 Å². The molecule has 0 amide bonds. The summed E-state index contributed by atoms with van der Waals surface area (Å²) in [5.74, 6) is 0. The smallest absolute Gasteiger partial charge is 0.0682 e. The average Bonchev–Trinajstić information content (AvgIpc) is 2.30. The van der Waals surface area contributed by atoms with Gasteiger partial charge in [-0.1, -0.05) is 57.9 Å². The predicted octanol–water partition coefficient (Wildman–Crippen LogP) is 3.92. The first-order chi connectivity index (χ1) is 7.70. The van der Waals surface area contributed by atoms with Gasteiger partial charge in [0.15, 0.2) is 0 Å². The van der Waals surface area contributed by atoms with Crippen molar-refractivity contribution in [1.82, 2.24) is 0 Å². The Kier molecular flexibility index (Phi) is 3.42. The maximum absolute atomic E-state index is 9.04. The van der Waals surface area contributed by atoms with Gasteiger partial charge < -0.3 is 5.11 Å². The molecule has 1 nitrogen and oxygen atoms in total. The van der Waals surface area contributed by atoms with E-state index in [0.29, 0.717) is 0 Å². The zero-order chi connectivity index (χ0) is 11.5. The molecule has 0 saturated heterocycles.